The van der Waals surface area contributed by atoms with Crippen LogP contribution >= 0.6 is 0 Å². The summed E-state index contributed by atoms with van der Waals surface area (Å²) in [5, 5.41) is 0. The van der Waals surface area contributed by atoms with Gasteiger partial charge in [0.2, 0.25) is 10.0 Å². The molecule has 0 saturated carbocycles. The summed E-state index contributed by atoms with van der Waals surface area (Å²) in [6.07, 6.45) is 3.75. The lowest BCUT2D eigenvalue weighted by molar-refractivity contribution is 0.304. The van der Waals surface area contributed by atoms with Crippen molar-refractivity contribution in [3.8, 4) is 0 Å². The highest BCUT2D eigenvalue weighted by atomic mass is 32.2. The molecule has 0 aromatic heterocycles. The minimum absolute atomic E-state index is 0.191. The highest BCUT2D eigenvalue weighted by molar-refractivity contribution is 7.88. The third kappa shape index (κ3) is 5.82. The van der Waals surface area contributed by atoms with Crippen molar-refractivity contribution >= 4 is 20.2 Å². The minimum Gasteiger partial charge on any atom is -0.213 e. The molecule has 1 aliphatic heterocycles. The second-order valence-electron chi connectivity index (χ2n) is 5.46. The average molecular weight is 341 g/mol. The van der Waals surface area contributed by atoms with E-state index in [1.165, 1.54) is 14.9 Å². The van der Waals surface area contributed by atoms with Crippen LogP contribution in [0.5, 0.6) is 0 Å². The molecule has 0 spiro atoms. The largest absolute Gasteiger partial charge is 0.279 e. The Bertz CT molecular complexity index is 505. The summed E-state index contributed by atoms with van der Waals surface area (Å²) in [5.74, 6) is 0. The van der Waals surface area contributed by atoms with Gasteiger partial charge in [0.15, 0.2) is 0 Å². The molecular weight excluding hydrogens is 314 g/mol. The SMILES string of the molecule is CCCN(CCC)S(=O)(=O)NC1CCN(S(C)(=O)=O)CC1. The maximum absolute atomic E-state index is 12.3. The van der Waals surface area contributed by atoms with Crippen LogP contribution < -0.4 is 4.72 Å². The Morgan fingerprint density at radius 1 is 1.05 bits per heavy atom. The highest BCUT2D eigenvalue weighted by Gasteiger charge is 2.29. The van der Waals surface area contributed by atoms with Gasteiger partial charge in [0.25, 0.3) is 10.2 Å². The van der Waals surface area contributed by atoms with E-state index in [-0.39, 0.29) is 6.04 Å². The highest BCUT2D eigenvalue weighted by Crippen LogP contribution is 2.15. The Kier molecular flexibility index (Phi) is 7.05. The first-order valence-corrected chi connectivity index (χ1v) is 10.7. The molecule has 0 atom stereocenters. The van der Waals surface area contributed by atoms with Crippen molar-refractivity contribution in [2.24, 2.45) is 0 Å². The van der Waals surface area contributed by atoms with Crippen LogP contribution in [0.3, 0.4) is 0 Å². The zero-order valence-corrected chi connectivity index (χ0v) is 14.7. The van der Waals surface area contributed by atoms with Gasteiger partial charge in [-0.05, 0) is 25.7 Å². The van der Waals surface area contributed by atoms with Gasteiger partial charge in [0.1, 0.15) is 0 Å². The van der Waals surface area contributed by atoms with E-state index < -0.39 is 20.2 Å². The van der Waals surface area contributed by atoms with E-state index in [1.54, 1.807) is 0 Å². The van der Waals surface area contributed by atoms with Crippen molar-refractivity contribution in [3.63, 3.8) is 0 Å². The maximum Gasteiger partial charge on any atom is 0.279 e. The fraction of sp³-hybridized carbons (Fsp3) is 1.00. The summed E-state index contributed by atoms with van der Waals surface area (Å²) in [5.41, 5.74) is 0. The normalized spacial score (nSPS) is 19.2. The van der Waals surface area contributed by atoms with Gasteiger partial charge in [-0.25, -0.2) is 12.7 Å². The molecule has 1 aliphatic rings. The fourth-order valence-electron chi connectivity index (χ4n) is 2.44. The molecule has 9 heteroatoms. The Labute approximate surface area is 128 Å². The van der Waals surface area contributed by atoms with E-state index >= 15 is 0 Å². The minimum atomic E-state index is -3.48. The number of piperidine rings is 1. The number of nitrogens with one attached hydrogen (secondary N) is 1. The van der Waals surface area contributed by atoms with E-state index in [2.05, 4.69) is 4.72 Å². The number of hydrogen-bond acceptors (Lipinski definition) is 4. The lowest BCUT2D eigenvalue weighted by Gasteiger charge is -2.32. The molecule has 0 amide bonds. The topological polar surface area (TPSA) is 86.8 Å². The molecule has 0 radical (unpaired) electrons. The summed E-state index contributed by atoms with van der Waals surface area (Å²) >= 11 is 0. The molecule has 7 nitrogen and oxygen atoms in total. The summed E-state index contributed by atoms with van der Waals surface area (Å²) in [6.45, 7) is 5.64. The van der Waals surface area contributed by atoms with Crippen LogP contribution in [0, 0.1) is 0 Å². The van der Waals surface area contributed by atoms with Gasteiger partial charge in [0.05, 0.1) is 6.26 Å². The molecule has 1 heterocycles. The second-order valence-corrected chi connectivity index (χ2v) is 9.14. The predicted octanol–water partition coefficient (Wildman–Crippen LogP) is 0.367. The monoisotopic (exact) mass is 341 g/mol. The van der Waals surface area contributed by atoms with Crippen LogP contribution in [0.25, 0.3) is 0 Å². The van der Waals surface area contributed by atoms with Gasteiger partial charge in [0, 0.05) is 32.2 Å². The number of sulfonamides is 1. The molecule has 21 heavy (non-hydrogen) atoms. The first kappa shape index (κ1) is 18.8. The van der Waals surface area contributed by atoms with Crippen molar-refractivity contribution in [2.75, 3.05) is 32.4 Å². The molecule has 0 aromatic carbocycles. The van der Waals surface area contributed by atoms with Crippen molar-refractivity contribution in [1.82, 2.24) is 13.3 Å². The zero-order valence-electron chi connectivity index (χ0n) is 13.1. The van der Waals surface area contributed by atoms with E-state index in [0.717, 1.165) is 12.8 Å². The molecule has 1 N–H and O–H groups in total. The summed E-state index contributed by atoms with van der Waals surface area (Å²) in [7, 11) is -6.66. The van der Waals surface area contributed by atoms with Crippen LogP contribution in [0.15, 0.2) is 0 Å². The third-order valence-corrected chi connectivity index (χ3v) is 6.50. The fourth-order valence-corrected chi connectivity index (χ4v) is 4.97. The van der Waals surface area contributed by atoms with Crippen LogP contribution in [0.1, 0.15) is 39.5 Å². The Hall–Kier alpha value is -0.220. The Morgan fingerprint density at radius 2 is 1.52 bits per heavy atom. The standard InChI is InChI=1S/C12H27N3O4S2/c1-4-8-15(9-5-2)21(18,19)13-12-6-10-14(11-7-12)20(3,16)17/h12-13H,4-11H2,1-3H3. The summed E-state index contributed by atoms with van der Waals surface area (Å²) < 4.78 is 53.1. The van der Waals surface area contributed by atoms with Crippen molar-refractivity contribution < 1.29 is 16.8 Å². The van der Waals surface area contributed by atoms with Gasteiger partial charge in [-0.1, -0.05) is 13.8 Å². The Balaban J connectivity index is 2.61. The van der Waals surface area contributed by atoms with Gasteiger partial charge < -0.3 is 0 Å². The predicted molar refractivity (Wildman–Crippen MR) is 83.6 cm³/mol. The van der Waals surface area contributed by atoms with Gasteiger partial charge >= 0.3 is 0 Å². The van der Waals surface area contributed by atoms with Crippen molar-refractivity contribution in [2.45, 2.75) is 45.6 Å². The molecule has 0 aliphatic carbocycles. The molecule has 0 aromatic rings. The van der Waals surface area contributed by atoms with Gasteiger partial charge in [-0.3, -0.25) is 0 Å². The Morgan fingerprint density at radius 3 is 1.90 bits per heavy atom. The number of rotatable bonds is 8. The van der Waals surface area contributed by atoms with Gasteiger partial charge in [-0.2, -0.15) is 17.4 Å². The first-order chi connectivity index (χ1) is 9.70. The molecular formula is C12H27N3O4S2. The third-order valence-electron chi connectivity index (χ3n) is 3.52. The van der Waals surface area contributed by atoms with E-state index in [0.29, 0.717) is 39.0 Å². The number of nitrogens with zero attached hydrogens (tertiary/aromatic N) is 2. The van der Waals surface area contributed by atoms with Crippen LogP contribution in [-0.2, 0) is 20.2 Å². The lowest BCUT2D eigenvalue weighted by Crippen LogP contribution is -2.50. The quantitative estimate of drug-likeness (QED) is 0.691. The first-order valence-electron chi connectivity index (χ1n) is 7.43. The average Bonchev–Trinajstić information content (AvgIpc) is 2.37. The number of hydrogen-bond donors (Lipinski definition) is 1. The summed E-state index contributed by atoms with van der Waals surface area (Å²) in [4.78, 5) is 0. The molecule has 0 unspecified atom stereocenters. The van der Waals surface area contributed by atoms with Crippen molar-refractivity contribution in [1.29, 1.82) is 0 Å². The smallest absolute Gasteiger partial charge is 0.213 e. The van der Waals surface area contributed by atoms with Gasteiger partial charge in [-0.15, -0.1) is 0 Å². The summed E-state index contributed by atoms with van der Waals surface area (Å²) in [6, 6.07) is -0.191. The molecule has 1 fully saturated rings. The molecule has 0 bridgehead atoms. The van der Waals surface area contributed by atoms with E-state index in [1.807, 2.05) is 13.8 Å². The zero-order chi connectivity index (χ0) is 16.1. The molecule has 126 valence electrons. The molecule has 1 rings (SSSR count). The van der Waals surface area contributed by atoms with Crippen LogP contribution in [0.4, 0.5) is 0 Å². The van der Waals surface area contributed by atoms with E-state index in [4.69, 9.17) is 0 Å². The second kappa shape index (κ2) is 7.87. The maximum atomic E-state index is 12.3. The molecule has 1 saturated heterocycles. The van der Waals surface area contributed by atoms with Crippen LogP contribution in [-0.4, -0.2) is 63.9 Å². The van der Waals surface area contributed by atoms with Crippen molar-refractivity contribution in [3.05, 3.63) is 0 Å². The van der Waals surface area contributed by atoms with E-state index in [9.17, 15) is 16.8 Å². The van der Waals surface area contributed by atoms with Crippen LogP contribution in [0.2, 0.25) is 0 Å². The lowest BCUT2D eigenvalue weighted by atomic mass is 10.1.